The average molecular weight is 334 g/mol. The number of nitrogens with one attached hydrogen (secondary N) is 2. The normalized spacial score (nSPS) is 12.2. The zero-order chi connectivity index (χ0) is 18.1. The van der Waals surface area contributed by atoms with Crippen molar-refractivity contribution in [3.63, 3.8) is 0 Å². The van der Waals surface area contributed by atoms with E-state index in [-0.39, 0.29) is 0 Å². The van der Waals surface area contributed by atoms with Crippen molar-refractivity contribution in [1.82, 2.24) is 15.5 Å². The highest BCUT2D eigenvalue weighted by molar-refractivity contribution is 5.79. The highest BCUT2D eigenvalue weighted by Crippen LogP contribution is 2.11. The smallest absolute Gasteiger partial charge is 0.191 e. The molecule has 0 unspecified atom stereocenters. The van der Waals surface area contributed by atoms with Crippen molar-refractivity contribution in [2.24, 2.45) is 4.99 Å². The van der Waals surface area contributed by atoms with Gasteiger partial charge in [-0.25, -0.2) is 0 Å². The van der Waals surface area contributed by atoms with Crippen molar-refractivity contribution in [2.45, 2.75) is 46.3 Å². The maximum absolute atomic E-state index is 4.30. The van der Waals surface area contributed by atoms with E-state index in [1.165, 1.54) is 11.3 Å². The number of guanidine groups is 1. The topological polar surface area (TPSA) is 42.9 Å². The summed E-state index contributed by atoms with van der Waals surface area (Å²) in [5, 5.41) is 6.77. The van der Waals surface area contributed by atoms with Crippen LogP contribution >= 0.6 is 0 Å². The Bertz CT molecular complexity index is 483. The van der Waals surface area contributed by atoms with Crippen LogP contribution < -0.4 is 15.5 Å². The first kappa shape index (κ1) is 20.3. The molecule has 136 valence electrons. The summed E-state index contributed by atoms with van der Waals surface area (Å²) in [7, 11) is 5.92. The van der Waals surface area contributed by atoms with Crippen LogP contribution in [0.1, 0.15) is 33.3 Å². The van der Waals surface area contributed by atoms with Crippen LogP contribution in [0.25, 0.3) is 0 Å². The summed E-state index contributed by atoms with van der Waals surface area (Å²) < 4.78 is 0. The van der Waals surface area contributed by atoms with Crippen molar-refractivity contribution in [1.29, 1.82) is 0 Å². The maximum atomic E-state index is 4.30. The van der Waals surface area contributed by atoms with Crippen molar-refractivity contribution in [2.75, 3.05) is 39.1 Å². The van der Waals surface area contributed by atoms with Gasteiger partial charge in [0.25, 0.3) is 0 Å². The Balaban J connectivity index is 2.42. The van der Waals surface area contributed by atoms with Crippen LogP contribution in [-0.4, -0.2) is 57.2 Å². The molecule has 0 bridgehead atoms. The molecule has 0 aliphatic carbocycles. The van der Waals surface area contributed by atoms with E-state index in [1.807, 2.05) is 7.05 Å². The van der Waals surface area contributed by atoms with Gasteiger partial charge in [0.05, 0.1) is 0 Å². The highest BCUT2D eigenvalue weighted by atomic mass is 15.2. The van der Waals surface area contributed by atoms with Crippen LogP contribution in [0.5, 0.6) is 0 Å². The summed E-state index contributed by atoms with van der Waals surface area (Å²) in [6.45, 7) is 11.6. The van der Waals surface area contributed by atoms with E-state index >= 15 is 0 Å². The third-order valence-corrected chi connectivity index (χ3v) is 4.13. The van der Waals surface area contributed by atoms with Gasteiger partial charge in [0.1, 0.15) is 0 Å². The number of rotatable bonds is 8. The molecule has 5 nitrogen and oxygen atoms in total. The summed E-state index contributed by atoms with van der Waals surface area (Å²) in [4.78, 5) is 8.88. The predicted molar refractivity (Wildman–Crippen MR) is 106 cm³/mol. The number of anilines is 1. The molecule has 24 heavy (non-hydrogen) atoms. The van der Waals surface area contributed by atoms with E-state index in [1.54, 1.807) is 0 Å². The van der Waals surface area contributed by atoms with Crippen LogP contribution in [0.4, 0.5) is 5.69 Å². The first-order valence-electron chi connectivity index (χ1n) is 8.81. The zero-order valence-corrected chi connectivity index (χ0v) is 16.4. The molecule has 0 spiro atoms. The number of benzene rings is 1. The molecule has 0 saturated carbocycles. The molecular formula is C19H35N5. The molecule has 0 amide bonds. The Hall–Kier alpha value is -1.75. The van der Waals surface area contributed by atoms with Crippen molar-refractivity contribution >= 4 is 11.6 Å². The molecule has 0 saturated heterocycles. The number of hydrogen-bond donors (Lipinski definition) is 2. The van der Waals surface area contributed by atoms with Gasteiger partial charge >= 0.3 is 0 Å². The van der Waals surface area contributed by atoms with Gasteiger partial charge in [-0.15, -0.1) is 0 Å². The standard InChI is InChI=1S/C19H35N5/c1-15(2)24(16(3)4)13-12-21-19(20-5)22-14-17-8-10-18(11-9-17)23(6)7/h8-11,15-16H,12-14H2,1-7H3,(H2,20,21,22). The Morgan fingerprint density at radius 1 is 1.00 bits per heavy atom. The zero-order valence-electron chi connectivity index (χ0n) is 16.4. The Morgan fingerprint density at radius 3 is 2.04 bits per heavy atom. The van der Waals surface area contributed by atoms with E-state index in [0.29, 0.717) is 12.1 Å². The first-order valence-corrected chi connectivity index (χ1v) is 8.81. The molecule has 2 N–H and O–H groups in total. The van der Waals surface area contributed by atoms with Gasteiger partial charge in [0, 0.05) is 58.5 Å². The van der Waals surface area contributed by atoms with Gasteiger partial charge in [-0.2, -0.15) is 0 Å². The maximum Gasteiger partial charge on any atom is 0.191 e. The fraction of sp³-hybridized carbons (Fsp3) is 0.632. The molecular weight excluding hydrogens is 298 g/mol. The van der Waals surface area contributed by atoms with E-state index in [4.69, 9.17) is 0 Å². The fourth-order valence-electron chi connectivity index (χ4n) is 2.73. The summed E-state index contributed by atoms with van der Waals surface area (Å²) in [6, 6.07) is 9.67. The van der Waals surface area contributed by atoms with Crippen LogP contribution in [0.2, 0.25) is 0 Å². The fourth-order valence-corrected chi connectivity index (χ4v) is 2.73. The molecule has 1 aromatic rings. The highest BCUT2D eigenvalue weighted by Gasteiger charge is 2.12. The van der Waals surface area contributed by atoms with E-state index in [2.05, 4.69) is 91.5 Å². The lowest BCUT2D eigenvalue weighted by Crippen LogP contribution is -2.45. The second-order valence-electron chi connectivity index (χ2n) is 6.84. The molecule has 5 heteroatoms. The molecule has 1 aromatic carbocycles. The first-order chi connectivity index (χ1) is 11.3. The molecule has 0 aliphatic rings. The second-order valence-corrected chi connectivity index (χ2v) is 6.84. The summed E-state index contributed by atoms with van der Waals surface area (Å²) in [5.74, 6) is 0.846. The summed E-state index contributed by atoms with van der Waals surface area (Å²) in [5.41, 5.74) is 2.46. The van der Waals surface area contributed by atoms with Crippen LogP contribution in [0.15, 0.2) is 29.3 Å². The molecule has 0 aliphatic heterocycles. The quantitative estimate of drug-likeness (QED) is 0.567. The molecule has 1 rings (SSSR count). The minimum atomic E-state index is 0.553. The third kappa shape index (κ3) is 6.79. The van der Waals surface area contributed by atoms with Gasteiger partial charge in [0.15, 0.2) is 5.96 Å². The SMILES string of the molecule is CN=C(NCCN(C(C)C)C(C)C)NCc1ccc(N(C)C)cc1. The Labute approximate surface area is 148 Å². The molecule has 0 fully saturated rings. The summed E-state index contributed by atoms with van der Waals surface area (Å²) in [6.07, 6.45) is 0. The van der Waals surface area contributed by atoms with Gasteiger partial charge in [-0.1, -0.05) is 12.1 Å². The van der Waals surface area contributed by atoms with E-state index in [9.17, 15) is 0 Å². The van der Waals surface area contributed by atoms with Gasteiger partial charge in [-0.05, 0) is 45.4 Å². The Morgan fingerprint density at radius 2 is 1.58 bits per heavy atom. The van der Waals surface area contributed by atoms with Crippen LogP contribution in [0, 0.1) is 0 Å². The van der Waals surface area contributed by atoms with Gasteiger partial charge in [-0.3, -0.25) is 9.89 Å². The minimum absolute atomic E-state index is 0.553. The Kier molecular flexibility index (Phi) is 8.61. The van der Waals surface area contributed by atoms with Gasteiger partial charge < -0.3 is 15.5 Å². The lowest BCUT2D eigenvalue weighted by molar-refractivity contribution is 0.178. The predicted octanol–water partition coefficient (Wildman–Crippen LogP) is 2.54. The number of aliphatic imine (C=N–C) groups is 1. The molecule has 0 radical (unpaired) electrons. The second kappa shape index (κ2) is 10.2. The van der Waals surface area contributed by atoms with Crippen LogP contribution in [-0.2, 0) is 6.54 Å². The van der Waals surface area contributed by atoms with Crippen molar-refractivity contribution < 1.29 is 0 Å². The third-order valence-electron chi connectivity index (χ3n) is 4.13. The average Bonchev–Trinajstić information content (AvgIpc) is 2.53. The van der Waals surface area contributed by atoms with Crippen molar-refractivity contribution in [3.8, 4) is 0 Å². The number of hydrogen-bond acceptors (Lipinski definition) is 3. The van der Waals surface area contributed by atoms with Gasteiger partial charge in [0.2, 0.25) is 0 Å². The molecule has 0 aromatic heterocycles. The van der Waals surface area contributed by atoms with E-state index in [0.717, 1.165) is 25.6 Å². The van der Waals surface area contributed by atoms with Crippen molar-refractivity contribution in [3.05, 3.63) is 29.8 Å². The lowest BCUT2D eigenvalue weighted by Gasteiger charge is -2.30. The number of nitrogens with zero attached hydrogens (tertiary/aromatic N) is 3. The lowest BCUT2D eigenvalue weighted by atomic mass is 10.2. The monoisotopic (exact) mass is 333 g/mol. The van der Waals surface area contributed by atoms with E-state index < -0.39 is 0 Å². The molecule has 0 atom stereocenters. The van der Waals surface area contributed by atoms with Crippen LogP contribution in [0.3, 0.4) is 0 Å². The largest absolute Gasteiger partial charge is 0.378 e. The molecule has 0 heterocycles. The minimum Gasteiger partial charge on any atom is -0.378 e. The summed E-state index contributed by atoms with van der Waals surface area (Å²) >= 11 is 0.